The van der Waals surface area contributed by atoms with Gasteiger partial charge in [0.05, 0.1) is 16.6 Å². The fourth-order valence-electron chi connectivity index (χ4n) is 4.24. The van der Waals surface area contributed by atoms with Gasteiger partial charge in [0.1, 0.15) is 5.82 Å². The zero-order valence-corrected chi connectivity index (χ0v) is 17.7. The average molecular weight is 439 g/mol. The fourth-order valence-corrected chi connectivity index (χ4v) is 5.62. The minimum absolute atomic E-state index is 0.157. The molecule has 31 heavy (non-hydrogen) atoms. The first-order valence-corrected chi connectivity index (χ1v) is 11.8. The van der Waals surface area contributed by atoms with Gasteiger partial charge in [0, 0.05) is 35.5 Å². The van der Waals surface area contributed by atoms with Gasteiger partial charge in [-0.15, -0.1) is 0 Å². The molecule has 6 nitrogen and oxygen atoms in total. The Morgan fingerprint density at radius 1 is 1.06 bits per heavy atom. The molecule has 1 aliphatic rings. The van der Waals surface area contributed by atoms with Crippen LogP contribution in [0.5, 0.6) is 0 Å². The van der Waals surface area contributed by atoms with Crippen LogP contribution in [0.15, 0.2) is 72.0 Å². The second kappa shape index (κ2) is 7.94. The molecule has 0 radical (unpaired) electrons. The molecule has 0 unspecified atom stereocenters. The zero-order valence-electron chi connectivity index (χ0n) is 16.9. The first-order valence-electron chi connectivity index (χ1n) is 10.4. The summed E-state index contributed by atoms with van der Waals surface area (Å²) in [6, 6.07) is 12.4. The van der Waals surface area contributed by atoms with Gasteiger partial charge >= 0.3 is 0 Å². The van der Waals surface area contributed by atoms with Crippen molar-refractivity contribution < 1.29 is 12.8 Å². The van der Waals surface area contributed by atoms with Crippen molar-refractivity contribution in [2.24, 2.45) is 5.92 Å². The Morgan fingerprint density at radius 2 is 1.84 bits per heavy atom. The van der Waals surface area contributed by atoms with E-state index in [1.807, 2.05) is 10.9 Å². The third-order valence-electron chi connectivity index (χ3n) is 5.88. The lowest BCUT2D eigenvalue weighted by molar-refractivity contribution is 0.321. The van der Waals surface area contributed by atoms with E-state index in [4.69, 9.17) is 0 Å². The van der Waals surface area contributed by atoms with Crippen LogP contribution in [0.25, 0.3) is 22.0 Å². The van der Waals surface area contributed by atoms with Crippen molar-refractivity contribution in [1.29, 1.82) is 0 Å². The molecular weight excluding hydrogens is 415 g/mol. The number of hydrogen-bond donors (Lipinski definition) is 1. The zero-order chi connectivity index (χ0) is 21.4. The van der Waals surface area contributed by atoms with Crippen LogP contribution in [0, 0.1) is 11.7 Å². The van der Waals surface area contributed by atoms with E-state index in [1.54, 1.807) is 36.7 Å². The van der Waals surface area contributed by atoms with Gasteiger partial charge in [0.2, 0.25) is 0 Å². The summed E-state index contributed by atoms with van der Waals surface area (Å²) in [6.45, 7) is 2.88. The minimum Gasteiger partial charge on any atom is -0.317 e. The van der Waals surface area contributed by atoms with Gasteiger partial charge in [-0.05, 0) is 62.2 Å². The molecule has 160 valence electrons. The van der Waals surface area contributed by atoms with E-state index in [2.05, 4.69) is 10.4 Å². The molecule has 3 heterocycles. The summed E-state index contributed by atoms with van der Waals surface area (Å²) in [5, 5.41) is 8.54. The van der Waals surface area contributed by atoms with Crippen LogP contribution in [0.1, 0.15) is 12.8 Å². The summed E-state index contributed by atoms with van der Waals surface area (Å²) in [5.74, 6) is 0.0890. The van der Waals surface area contributed by atoms with Gasteiger partial charge in [-0.25, -0.2) is 16.8 Å². The molecule has 1 fully saturated rings. The fraction of sp³-hybridized carbons (Fsp3) is 0.261. The number of hydrogen-bond acceptors (Lipinski definition) is 4. The van der Waals surface area contributed by atoms with Crippen LogP contribution in [-0.2, 0) is 16.6 Å². The summed E-state index contributed by atoms with van der Waals surface area (Å²) in [6.07, 6.45) is 7.49. The van der Waals surface area contributed by atoms with Crippen LogP contribution < -0.4 is 5.32 Å². The van der Waals surface area contributed by atoms with Gasteiger partial charge in [-0.2, -0.15) is 5.10 Å². The Kier molecular flexibility index (Phi) is 5.11. The second-order valence-corrected chi connectivity index (χ2v) is 9.78. The third kappa shape index (κ3) is 3.77. The van der Waals surface area contributed by atoms with Crippen molar-refractivity contribution in [3.63, 3.8) is 0 Å². The number of piperidine rings is 1. The molecule has 0 aliphatic carbocycles. The quantitative estimate of drug-likeness (QED) is 0.513. The Morgan fingerprint density at radius 3 is 2.61 bits per heavy atom. The van der Waals surface area contributed by atoms with E-state index in [-0.39, 0.29) is 4.90 Å². The molecule has 8 heteroatoms. The molecule has 1 saturated heterocycles. The SMILES string of the molecule is O=S(=O)(c1ccccc1)n1cc(-c2cnn(CC3CCNCC3)c2)c2ccc(F)cc21. The number of nitrogens with one attached hydrogen (secondary N) is 1. The summed E-state index contributed by atoms with van der Waals surface area (Å²) in [7, 11) is -3.87. The maximum Gasteiger partial charge on any atom is 0.268 e. The number of rotatable bonds is 5. The largest absolute Gasteiger partial charge is 0.317 e. The highest BCUT2D eigenvalue weighted by molar-refractivity contribution is 7.90. The lowest BCUT2D eigenvalue weighted by Crippen LogP contribution is -2.29. The Hall–Kier alpha value is -2.97. The molecule has 0 atom stereocenters. The van der Waals surface area contributed by atoms with Crippen LogP contribution in [-0.4, -0.2) is 35.3 Å². The van der Waals surface area contributed by atoms with E-state index in [1.165, 1.54) is 28.2 Å². The lowest BCUT2D eigenvalue weighted by atomic mass is 9.98. The van der Waals surface area contributed by atoms with Crippen molar-refractivity contribution in [1.82, 2.24) is 19.1 Å². The maximum atomic E-state index is 14.1. The molecule has 0 spiro atoms. The topological polar surface area (TPSA) is 68.9 Å². The number of nitrogens with zero attached hydrogens (tertiary/aromatic N) is 3. The number of aromatic nitrogens is 3. The van der Waals surface area contributed by atoms with Crippen molar-refractivity contribution in [3.8, 4) is 11.1 Å². The number of fused-ring (bicyclic) bond motifs is 1. The average Bonchev–Trinajstić information content (AvgIpc) is 3.39. The van der Waals surface area contributed by atoms with E-state index in [9.17, 15) is 12.8 Å². The first kappa shape index (κ1) is 20.0. The summed E-state index contributed by atoms with van der Waals surface area (Å²) < 4.78 is 43.7. The van der Waals surface area contributed by atoms with Gasteiger partial charge in [-0.1, -0.05) is 18.2 Å². The van der Waals surface area contributed by atoms with Crippen LogP contribution in [0.4, 0.5) is 4.39 Å². The van der Waals surface area contributed by atoms with Gasteiger partial charge in [-0.3, -0.25) is 4.68 Å². The monoisotopic (exact) mass is 438 g/mol. The van der Waals surface area contributed by atoms with Crippen LogP contribution >= 0.6 is 0 Å². The van der Waals surface area contributed by atoms with Gasteiger partial charge < -0.3 is 5.32 Å². The summed E-state index contributed by atoms with van der Waals surface area (Å²) >= 11 is 0. The standard InChI is InChI=1S/C23H23FN4O2S/c24-19-6-7-21-22(18-13-26-27(15-18)14-17-8-10-25-11-9-17)16-28(23(21)12-19)31(29,30)20-4-2-1-3-5-20/h1-7,12-13,15-17,25H,8-11,14H2. The lowest BCUT2D eigenvalue weighted by Gasteiger charge is -2.22. The maximum absolute atomic E-state index is 14.1. The molecule has 0 amide bonds. The normalized spacial score (nSPS) is 15.5. The molecule has 4 aromatic rings. The highest BCUT2D eigenvalue weighted by atomic mass is 32.2. The van der Waals surface area contributed by atoms with E-state index in [0.29, 0.717) is 22.4 Å². The highest BCUT2D eigenvalue weighted by Gasteiger charge is 2.23. The molecular formula is C23H23FN4O2S. The number of benzene rings is 2. The van der Waals surface area contributed by atoms with Crippen molar-refractivity contribution in [2.45, 2.75) is 24.3 Å². The Balaban J connectivity index is 1.58. The minimum atomic E-state index is -3.87. The van der Waals surface area contributed by atoms with Crippen molar-refractivity contribution in [2.75, 3.05) is 13.1 Å². The summed E-state index contributed by atoms with van der Waals surface area (Å²) in [5.41, 5.74) is 1.84. The molecule has 1 N–H and O–H groups in total. The smallest absolute Gasteiger partial charge is 0.268 e. The second-order valence-electron chi connectivity index (χ2n) is 7.96. The third-order valence-corrected chi connectivity index (χ3v) is 7.57. The van der Waals surface area contributed by atoms with Gasteiger partial charge in [0.25, 0.3) is 10.0 Å². The predicted molar refractivity (Wildman–Crippen MR) is 118 cm³/mol. The summed E-state index contributed by atoms with van der Waals surface area (Å²) in [4.78, 5) is 0.157. The Bertz CT molecular complexity index is 1320. The molecule has 5 rings (SSSR count). The van der Waals surface area contributed by atoms with E-state index >= 15 is 0 Å². The Labute approximate surface area is 180 Å². The number of halogens is 1. The van der Waals surface area contributed by atoms with Gasteiger partial charge in [0.15, 0.2) is 0 Å². The molecule has 1 aliphatic heterocycles. The van der Waals surface area contributed by atoms with Crippen LogP contribution in [0.3, 0.4) is 0 Å². The molecule has 0 bridgehead atoms. The molecule has 2 aromatic carbocycles. The van der Waals surface area contributed by atoms with E-state index < -0.39 is 15.8 Å². The molecule has 2 aromatic heterocycles. The first-order chi connectivity index (χ1) is 15.0. The van der Waals surface area contributed by atoms with E-state index in [0.717, 1.165) is 38.0 Å². The molecule has 0 saturated carbocycles. The predicted octanol–water partition coefficient (Wildman–Crippen LogP) is 3.88. The van der Waals surface area contributed by atoms with Crippen LogP contribution in [0.2, 0.25) is 0 Å². The van der Waals surface area contributed by atoms with Crippen molar-refractivity contribution in [3.05, 3.63) is 72.9 Å². The highest BCUT2D eigenvalue weighted by Crippen LogP contribution is 2.33. The van der Waals surface area contributed by atoms with Crippen molar-refractivity contribution >= 4 is 20.9 Å².